The predicted octanol–water partition coefficient (Wildman–Crippen LogP) is 4.09. The van der Waals surface area contributed by atoms with E-state index in [1.807, 2.05) is 18.2 Å². The fourth-order valence-corrected chi connectivity index (χ4v) is 2.40. The van der Waals surface area contributed by atoms with E-state index in [0.717, 1.165) is 21.3 Å². The van der Waals surface area contributed by atoms with Gasteiger partial charge < -0.3 is 9.72 Å². The maximum Gasteiger partial charge on any atom is 0.142 e. The van der Waals surface area contributed by atoms with Crippen LogP contribution in [0.15, 0.2) is 40.9 Å². The number of fused-ring (bicyclic) bond motifs is 3. The van der Waals surface area contributed by atoms with Crippen LogP contribution in [0.25, 0.3) is 21.8 Å². The van der Waals surface area contributed by atoms with Crippen molar-refractivity contribution in [1.82, 2.24) is 4.98 Å². The molecule has 3 heteroatoms. The number of ether oxygens (including phenoxy) is 1. The summed E-state index contributed by atoms with van der Waals surface area (Å²) in [5, 5.41) is 2.40. The quantitative estimate of drug-likeness (QED) is 0.711. The van der Waals surface area contributed by atoms with E-state index >= 15 is 0 Å². The number of nitrogens with one attached hydrogen (secondary N) is 1. The number of methoxy groups -OCH3 is 1. The number of halogens is 1. The van der Waals surface area contributed by atoms with Crippen LogP contribution >= 0.6 is 15.9 Å². The molecule has 3 aromatic rings. The molecule has 1 heterocycles. The van der Waals surface area contributed by atoms with Gasteiger partial charge in [0, 0.05) is 20.8 Å². The normalized spacial score (nSPS) is 11.1. The number of para-hydroxylation sites is 1. The minimum Gasteiger partial charge on any atom is -0.495 e. The molecule has 0 radical (unpaired) electrons. The molecular weight excluding hydrogens is 266 g/mol. The van der Waals surface area contributed by atoms with E-state index in [-0.39, 0.29) is 0 Å². The Labute approximate surface area is 101 Å². The molecule has 0 aliphatic heterocycles. The van der Waals surface area contributed by atoms with Gasteiger partial charge in [0.2, 0.25) is 0 Å². The minimum absolute atomic E-state index is 0.879. The van der Waals surface area contributed by atoms with Crippen molar-refractivity contribution in [2.45, 2.75) is 0 Å². The first-order chi connectivity index (χ1) is 7.79. The Balaban J connectivity index is 2.50. The molecule has 0 aliphatic carbocycles. The highest BCUT2D eigenvalue weighted by Gasteiger charge is 2.07. The van der Waals surface area contributed by atoms with Crippen LogP contribution in [-0.4, -0.2) is 12.1 Å². The lowest BCUT2D eigenvalue weighted by atomic mass is 10.1. The lowest BCUT2D eigenvalue weighted by Crippen LogP contribution is -1.82. The number of rotatable bonds is 1. The average molecular weight is 276 g/mol. The molecule has 0 amide bonds. The summed E-state index contributed by atoms with van der Waals surface area (Å²) in [6.07, 6.45) is 0. The van der Waals surface area contributed by atoms with E-state index in [4.69, 9.17) is 4.74 Å². The fourth-order valence-electron chi connectivity index (χ4n) is 2.04. The van der Waals surface area contributed by atoms with Gasteiger partial charge in [-0.25, -0.2) is 0 Å². The summed E-state index contributed by atoms with van der Waals surface area (Å²) in [6.45, 7) is 0. The van der Waals surface area contributed by atoms with Crippen LogP contribution in [0, 0.1) is 0 Å². The van der Waals surface area contributed by atoms with Gasteiger partial charge in [-0.3, -0.25) is 0 Å². The lowest BCUT2D eigenvalue weighted by molar-refractivity contribution is 0.419. The molecule has 80 valence electrons. The monoisotopic (exact) mass is 275 g/mol. The molecule has 0 bridgehead atoms. The van der Waals surface area contributed by atoms with Crippen molar-refractivity contribution >= 4 is 37.7 Å². The zero-order valence-electron chi connectivity index (χ0n) is 8.75. The minimum atomic E-state index is 0.879. The second-order valence-corrected chi connectivity index (χ2v) is 4.61. The summed E-state index contributed by atoms with van der Waals surface area (Å²) < 4.78 is 6.43. The van der Waals surface area contributed by atoms with Crippen molar-refractivity contribution in [3.05, 3.63) is 40.9 Å². The number of aromatic nitrogens is 1. The van der Waals surface area contributed by atoms with Crippen molar-refractivity contribution in [2.75, 3.05) is 7.11 Å². The van der Waals surface area contributed by atoms with Gasteiger partial charge in [0.05, 0.1) is 12.6 Å². The van der Waals surface area contributed by atoms with E-state index in [1.54, 1.807) is 7.11 Å². The summed E-state index contributed by atoms with van der Waals surface area (Å²) in [7, 11) is 1.69. The van der Waals surface area contributed by atoms with Crippen LogP contribution < -0.4 is 4.74 Å². The van der Waals surface area contributed by atoms with Crippen LogP contribution in [0.1, 0.15) is 0 Å². The Bertz CT molecular complexity index is 672. The van der Waals surface area contributed by atoms with Crippen LogP contribution in [0.3, 0.4) is 0 Å². The molecule has 1 N–H and O–H groups in total. The Hall–Kier alpha value is -1.48. The van der Waals surface area contributed by atoms with E-state index in [2.05, 4.69) is 39.1 Å². The van der Waals surface area contributed by atoms with Gasteiger partial charge in [0.25, 0.3) is 0 Å². The molecule has 0 unspecified atom stereocenters. The van der Waals surface area contributed by atoms with Gasteiger partial charge in [0.1, 0.15) is 5.75 Å². The first-order valence-corrected chi connectivity index (χ1v) is 5.83. The number of hydrogen-bond acceptors (Lipinski definition) is 1. The molecule has 0 saturated heterocycles. The third kappa shape index (κ3) is 1.32. The first-order valence-electron chi connectivity index (χ1n) is 5.03. The highest BCUT2D eigenvalue weighted by Crippen LogP contribution is 2.32. The van der Waals surface area contributed by atoms with Crippen LogP contribution in [0.5, 0.6) is 5.75 Å². The molecule has 1 aromatic heterocycles. The van der Waals surface area contributed by atoms with Gasteiger partial charge in [-0.15, -0.1) is 0 Å². The second kappa shape index (κ2) is 3.52. The summed E-state index contributed by atoms with van der Waals surface area (Å²) >= 11 is 3.49. The number of H-pyrrole nitrogens is 1. The molecular formula is C13H10BrNO. The van der Waals surface area contributed by atoms with E-state index in [0.29, 0.717) is 0 Å². The maximum absolute atomic E-state index is 5.34. The maximum atomic E-state index is 5.34. The zero-order valence-corrected chi connectivity index (χ0v) is 10.3. The summed E-state index contributed by atoms with van der Waals surface area (Å²) in [5.41, 5.74) is 2.18. The van der Waals surface area contributed by atoms with E-state index in [1.165, 1.54) is 10.8 Å². The molecule has 2 nitrogen and oxygen atoms in total. The Morgan fingerprint density at radius 1 is 1.12 bits per heavy atom. The smallest absolute Gasteiger partial charge is 0.142 e. The number of benzene rings is 2. The predicted molar refractivity (Wildman–Crippen MR) is 70.1 cm³/mol. The van der Waals surface area contributed by atoms with Crippen LogP contribution in [-0.2, 0) is 0 Å². The highest BCUT2D eigenvalue weighted by molar-refractivity contribution is 9.10. The average Bonchev–Trinajstić information content (AvgIpc) is 2.67. The molecule has 0 spiro atoms. The van der Waals surface area contributed by atoms with Gasteiger partial charge in [-0.05, 0) is 24.3 Å². The standard InChI is InChI=1S/C13H10BrNO/c1-16-12-4-2-3-9-10-7-8(14)5-6-11(10)15-13(9)12/h2-7,15H,1H3. The molecule has 0 fully saturated rings. The highest BCUT2D eigenvalue weighted by atomic mass is 79.9. The van der Waals surface area contributed by atoms with Crippen LogP contribution in [0.2, 0.25) is 0 Å². The van der Waals surface area contributed by atoms with Crippen molar-refractivity contribution < 1.29 is 4.74 Å². The van der Waals surface area contributed by atoms with Gasteiger partial charge in [-0.1, -0.05) is 28.1 Å². The summed E-state index contributed by atoms with van der Waals surface area (Å²) in [6, 6.07) is 12.3. The first kappa shape index (κ1) is 9.73. The lowest BCUT2D eigenvalue weighted by Gasteiger charge is -1.99. The van der Waals surface area contributed by atoms with Gasteiger partial charge >= 0.3 is 0 Å². The SMILES string of the molecule is COc1cccc2c1[nH]c1ccc(Br)cc12. The van der Waals surface area contributed by atoms with Crippen molar-refractivity contribution in [3.63, 3.8) is 0 Å². The molecule has 3 rings (SSSR count). The molecule has 0 atom stereocenters. The molecule has 0 aliphatic rings. The van der Waals surface area contributed by atoms with Crippen LogP contribution in [0.4, 0.5) is 0 Å². The van der Waals surface area contributed by atoms with Gasteiger partial charge in [0.15, 0.2) is 0 Å². The van der Waals surface area contributed by atoms with Gasteiger partial charge in [-0.2, -0.15) is 0 Å². The van der Waals surface area contributed by atoms with Crippen molar-refractivity contribution in [3.8, 4) is 5.75 Å². The van der Waals surface area contributed by atoms with E-state index in [9.17, 15) is 0 Å². The van der Waals surface area contributed by atoms with Crippen molar-refractivity contribution in [1.29, 1.82) is 0 Å². The molecule has 2 aromatic carbocycles. The topological polar surface area (TPSA) is 25.0 Å². The largest absolute Gasteiger partial charge is 0.495 e. The van der Waals surface area contributed by atoms with Crippen molar-refractivity contribution in [2.24, 2.45) is 0 Å². The Kier molecular flexibility index (Phi) is 2.14. The Morgan fingerprint density at radius 2 is 2.00 bits per heavy atom. The summed E-state index contributed by atoms with van der Waals surface area (Å²) in [5.74, 6) is 0.879. The third-order valence-electron chi connectivity index (χ3n) is 2.78. The summed E-state index contributed by atoms with van der Waals surface area (Å²) in [4.78, 5) is 3.38. The fraction of sp³-hybridized carbons (Fsp3) is 0.0769. The number of hydrogen-bond donors (Lipinski definition) is 1. The molecule has 0 saturated carbocycles. The Morgan fingerprint density at radius 3 is 2.81 bits per heavy atom. The molecule has 16 heavy (non-hydrogen) atoms. The zero-order chi connectivity index (χ0) is 11.1. The van der Waals surface area contributed by atoms with E-state index < -0.39 is 0 Å². The third-order valence-corrected chi connectivity index (χ3v) is 3.27. The number of aromatic amines is 1. The second-order valence-electron chi connectivity index (χ2n) is 3.70.